The monoisotopic (exact) mass is 384 g/mol. The Morgan fingerprint density at radius 1 is 1.26 bits per heavy atom. The summed E-state index contributed by atoms with van der Waals surface area (Å²) >= 11 is 1.41. The molecule has 2 aromatic heterocycles. The highest BCUT2D eigenvalue weighted by Crippen LogP contribution is 2.33. The van der Waals surface area contributed by atoms with Crippen LogP contribution in [0.4, 0.5) is 5.82 Å². The van der Waals surface area contributed by atoms with Crippen molar-refractivity contribution in [2.45, 2.75) is 39.8 Å². The Balaban J connectivity index is 1.84. The number of benzene rings is 1. The van der Waals surface area contributed by atoms with Crippen LogP contribution in [0.25, 0.3) is 10.2 Å². The molecule has 0 aliphatic carbocycles. The van der Waals surface area contributed by atoms with Gasteiger partial charge in [0.25, 0.3) is 5.91 Å². The van der Waals surface area contributed by atoms with Crippen LogP contribution in [-0.4, -0.2) is 29.0 Å². The SMILES string of the molecule is CCC(C)NC(=O)c1sc2ncnc(NCc3ccc(OC)cc3)c2c1C. The van der Waals surface area contributed by atoms with E-state index in [1.54, 1.807) is 7.11 Å². The number of methoxy groups -OCH3 is 1. The van der Waals surface area contributed by atoms with Crippen LogP contribution >= 0.6 is 11.3 Å². The number of anilines is 1. The van der Waals surface area contributed by atoms with E-state index in [2.05, 4.69) is 27.5 Å². The third-order valence-electron chi connectivity index (χ3n) is 4.54. The Morgan fingerprint density at radius 2 is 2.00 bits per heavy atom. The minimum Gasteiger partial charge on any atom is -0.497 e. The summed E-state index contributed by atoms with van der Waals surface area (Å²) in [4.78, 5) is 22.8. The van der Waals surface area contributed by atoms with E-state index >= 15 is 0 Å². The lowest BCUT2D eigenvalue weighted by Gasteiger charge is -2.11. The van der Waals surface area contributed by atoms with Crippen LogP contribution in [0.5, 0.6) is 5.75 Å². The largest absolute Gasteiger partial charge is 0.497 e. The Kier molecular flexibility index (Phi) is 5.91. The summed E-state index contributed by atoms with van der Waals surface area (Å²) in [6.07, 6.45) is 2.43. The summed E-state index contributed by atoms with van der Waals surface area (Å²) in [6.45, 7) is 6.63. The Labute approximate surface area is 163 Å². The Bertz CT molecular complexity index is 937. The first-order valence-electron chi connectivity index (χ1n) is 8.95. The molecule has 0 bridgehead atoms. The number of fused-ring (bicyclic) bond motifs is 1. The van der Waals surface area contributed by atoms with E-state index in [1.165, 1.54) is 17.7 Å². The second-order valence-corrected chi connectivity index (χ2v) is 7.44. The van der Waals surface area contributed by atoms with E-state index in [0.717, 1.165) is 39.3 Å². The summed E-state index contributed by atoms with van der Waals surface area (Å²) in [5, 5.41) is 7.30. The summed E-state index contributed by atoms with van der Waals surface area (Å²) < 4.78 is 5.19. The van der Waals surface area contributed by atoms with E-state index in [1.807, 2.05) is 38.1 Å². The lowest BCUT2D eigenvalue weighted by Crippen LogP contribution is -2.31. The number of carbonyl (C=O) groups is 1. The van der Waals surface area contributed by atoms with Crippen molar-refractivity contribution >= 4 is 33.3 Å². The number of amides is 1. The topological polar surface area (TPSA) is 76.1 Å². The molecule has 2 N–H and O–H groups in total. The fourth-order valence-electron chi connectivity index (χ4n) is 2.74. The Hall–Kier alpha value is -2.67. The van der Waals surface area contributed by atoms with E-state index in [4.69, 9.17) is 4.74 Å². The van der Waals surface area contributed by atoms with E-state index in [9.17, 15) is 4.79 Å². The molecule has 0 saturated carbocycles. The zero-order valence-corrected chi connectivity index (χ0v) is 16.8. The summed E-state index contributed by atoms with van der Waals surface area (Å²) in [5.74, 6) is 1.52. The van der Waals surface area contributed by atoms with Gasteiger partial charge in [-0.25, -0.2) is 9.97 Å². The predicted molar refractivity (Wildman–Crippen MR) is 110 cm³/mol. The number of hydrogen-bond donors (Lipinski definition) is 2. The van der Waals surface area contributed by atoms with Crippen molar-refractivity contribution in [1.82, 2.24) is 15.3 Å². The van der Waals surface area contributed by atoms with Crippen molar-refractivity contribution in [2.75, 3.05) is 12.4 Å². The normalized spacial score (nSPS) is 12.0. The van der Waals surface area contributed by atoms with Gasteiger partial charge < -0.3 is 15.4 Å². The third-order valence-corrected chi connectivity index (χ3v) is 5.74. The molecule has 1 amide bonds. The van der Waals surface area contributed by atoms with Crippen LogP contribution in [0.3, 0.4) is 0 Å². The van der Waals surface area contributed by atoms with Crippen LogP contribution < -0.4 is 15.4 Å². The molecule has 6 nitrogen and oxygen atoms in total. The highest BCUT2D eigenvalue weighted by atomic mass is 32.1. The molecule has 0 saturated heterocycles. The number of rotatable bonds is 7. The molecule has 1 unspecified atom stereocenters. The second-order valence-electron chi connectivity index (χ2n) is 6.44. The number of aryl methyl sites for hydroxylation is 1. The maximum atomic E-state index is 12.6. The number of nitrogens with zero attached hydrogens (tertiary/aromatic N) is 2. The third kappa shape index (κ3) is 4.19. The van der Waals surface area contributed by atoms with Gasteiger partial charge in [0.2, 0.25) is 0 Å². The summed E-state index contributed by atoms with van der Waals surface area (Å²) in [5.41, 5.74) is 2.03. The molecule has 27 heavy (non-hydrogen) atoms. The van der Waals surface area contributed by atoms with Gasteiger partial charge in [0.15, 0.2) is 0 Å². The van der Waals surface area contributed by atoms with Crippen LogP contribution in [0.1, 0.15) is 41.1 Å². The maximum absolute atomic E-state index is 12.6. The zero-order chi connectivity index (χ0) is 19.4. The van der Waals surface area contributed by atoms with Crippen LogP contribution in [0.2, 0.25) is 0 Å². The van der Waals surface area contributed by atoms with Gasteiger partial charge in [-0.2, -0.15) is 0 Å². The minimum absolute atomic E-state index is 0.0500. The highest BCUT2D eigenvalue weighted by Gasteiger charge is 2.20. The van der Waals surface area contributed by atoms with Gasteiger partial charge >= 0.3 is 0 Å². The first kappa shape index (κ1) is 19.1. The number of ether oxygens (including phenoxy) is 1. The molecule has 7 heteroatoms. The molecule has 0 spiro atoms. The van der Waals surface area contributed by atoms with Crippen molar-refractivity contribution in [3.05, 3.63) is 46.6 Å². The second kappa shape index (κ2) is 8.35. The quantitative estimate of drug-likeness (QED) is 0.640. The molecule has 3 rings (SSSR count). The first-order valence-corrected chi connectivity index (χ1v) is 9.76. The van der Waals surface area contributed by atoms with E-state index < -0.39 is 0 Å². The van der Waals surface area contributed by atoms with Gasteiger partial charge in [0, 0.05) is 12.6 Å². The number of aromatic nitrogens is 2. The molecule has 0 aliphatic rings. The van der Waals surface area contributed by atoms with Crippen molar-refractivity contribution in [3.63, 3.8) is 0 Å². The van der Waals surface area contributed by atoms with Gasteiger partial charge in [0.05, 0.1) is 17.4 Å². The van der Waals surface area contributed by atoms with Crippen LogP contribution in [0.15, 0.2) is 30.6 Å². The Morgan fingerprint density at radius 3 is 2.67 bits per heavy atom. The highest BCUT2D eigenvalue weighted by molar-refractivity contribution is 7.20. The van der Waals surface area contributed by atoms with Crippen molar-refractivity contribution in [3.8, 4) is 5.75 Å². The smallest absolute Gasteiger partial charge is 0.261 e. The van der Waals surface area contributed by atoms with Gasteiger partial charge in [-0.1, -0.05) is 19.1 Å². The molecule has 3 aromatic rings. The number of hydrogen-bond acceptors (Lipinski definition) is 6. The molecule has 142 valence electrons. The standard InChI is InChI=1S/C20H24N4O2S/c1-5-12(2)24-19(25)17-13(3)16-18(22-11-23-20(16)27-17)21-10-14-6-8-15(26-4)9-7-14/h6-9,11-12H,5,10H2,1-4H3,(H,24,25)(H,21,22,23). The lowest BCUT2D eigenvalue weighted by atomic mass is 10.1. The molecule has 2 heterocycles. The zero-order valence-electron chi connectivity index (χ0n) is 16.0. The van der Waals surface area contributed by atoms with Gasteiger partial charge in [-0.15, -0.1) is 11.3 Å². The van der Waals surface area contributed by atoms with Crippen molar-refractivity contribution < 1.29 is 9.53 Å². The molecule has 0 fully saturated rings. The van der Waals surface area contributed by atoms with Crippen LogP contribution in [0, 0.1) is 6.92 Å². The van der Waals surface area contributed by atoms with Gasteiger partial charge in [0.1, 0.15) is 22.7 Å². The van der Waals surface area contributed by atoms with E-state index in [-0.39, 0.29) is 11.9 Å². The molecule has 0 aliphatic heterocycles. The molecule has 1 aromatic carbocycles. The number of nitrogens with one attached hydrogen (secondary N) is 2. The number of thiophene rings is 1. The van der Waals surface area contributed by atoms with Gasteiger partial charge in [-0.05, 0) is 43.5 Å². The van der Waals surface area contributed by atoms with Crippen molar-refractivity contribution in [2.24, 2.45) is 0 Å². The first-order chi connectivity index (χ1) is 13.0. The van der Waals surface area contributed by atoms with Crippen LogP contribution in [-0.2, 0) is 6.54 Å². The summed E-state index contributed by atoms with van der Waals surface area (Å²) in [7, 11) is 1.65. The lowest BCUT2D eigenvalue weighted by molar-refractivity contribution is 0.0943. The summed E-state index contributed by atoms with van der Waals surface area (Å²) in [6, 6.07) is 8.02. The minimum atomic E-state index is -0.0500. The molecule has 0 radical (unpaired) electrons. The average Bonchev–Trinajstić information content (AvgIpc) is 3.04. The molecule has 1 atom stereocenters. The van der Waals surface area contributed by atoms with E-state index in [0.29, 0.717) is 11.4 Å². The number of carbonyl (C=O) groups excluding carboxylic acids is 1. The molecular weight excluding hydrogens is 360 g/mol. The van der Waals surface area contributed by atoms with Crippen molar-refractivity contribution in [1.29, 1.82) is 0 Å². The van der Waals surface area contributed by atoms with Gasteiger partial charge in [-0.3, -0.25) is 4.79 Å². The fraction of sp³-hybridized carbons (Fsp3) is 0.350. The average molecular weight is 385 g/mol. The maximum Gasteiger partial charge on any atom is 0.261 e. The predicted octanol–water partition coefficient (Wildman–Crippen LogP) is 4.15. The molecular formula is C20H24N4O2S. The fourth-order valence-corrected chi connectivity index (χ4v) is 3.79.